The third kappa shape index (κ3) is 6.75. The van der Waals surface area contributed by atoms with E-state index in [0.29, 0.717) is 11.3 Å². The van der Waals surface area contributed by atoms with Gasteiger partial charge in [0.1, 0.15) is 18.3 Å². The maximum Gasteiger partial charge on any atom is 0.244 e. The highest BCUT2D eigenvalue weighted by molar-refractivity contribution is 7.92. The summed E-state index contributed by atoms with van der Waals surface area (Å²) >= 11 is 12.0. The maximum atomic E-state index is 13.3. The molecular weight excluding hydrogens is 477 g/mol. The Balaban J connectivity index is 2.42. The average Bonchev–Trinajstić information content (AvgIpc) is 2.73. The number of sulfonamides is 1. The van der Waals surface area contributed by atoms with E-state index in [0.717, 1.165) is 10.6 Å². The standard InChI is InChI=1S/C21H25Cl2N3O5S/c1-14(21(28)24-2)25(12-15-6-5-7-19(8-15)31-3)20(27)13-26(32(4,29)30)18-10-16(22)9-17(23)11-18/h5-11,14H,12-13H2,1-4H3,(H,24,28)/t14-/m1/s1. The Morgan fingerprint density at radius 3 is 2.28 bits per heavy atom. The molecule has 0 fully saturated rings. The Morgan fingerprint density at radius 1 is 1.12 bits per heavy atom. The molecule has 2 amide bonds. The zero-order chi connectivity index (χ0) is 24.1. The van der Waals surface area contributed by atoms with Crippen molar-refractivity contribution in [3.63, 3.8) is 0 Å². The summed E-state index contributed by atoms with van der Waals surface area (Å²) in [6.45, 7) is 1.09. The van der Waals surface area contributed by atoms with E-state index < -0.39 is 34.4 Å². The second-order valence-corrected chi connectivity index (χ2v) is 9.84. The van der Waals surface area contributed by atoms with Gasteiger partial charge in [-0.05, 0) is 42.8 Å². The van der Waals surface area contributed by atoms with Crippen molar-refractivity contribution in [2.75, 3.05) is 31.3 Å². The summed E-state index contributed by atoms with van der Waals surface area (Å²) in [6.07, 6.45) is 0.976. The normalized spacial score (nSPS) is 12.1. The molecule has 2 aromatic rings. The van der Waals surface area contributed by atoms with E-state index in [2.05, 4.69) is 5.32 Å². The summed E-state index contributed by atoms with van der Waals surface area (Å²) in [5.41, 5.74) is 0.859. The number of hydrogen-bond acceptors (Lipinski definition) is 5. The van der Waals surface area contributed by atoms with Gasteiger partial charge in [0.15, 0.2) is 0 Å². The highest BCUT2D eigenvalue weighted by Crippen LogP contribution is 2.27. The second kappa shape index (κ2) is 10.9. The van der Waals surface area contributed by atoms with Crippen LogP contribution in [-0.4, -0.2) is 58.1 Å². The number of carbonyl (C=O) groups is 2. The van der Waals surface area contributed by atoms with Crippen LogP contribution in [0.4, 0.5) is 5.69 Å². The van der Waals surface area contributed by atoms with Crippen molar-refractivity contribution in [2.45, 2.75) is 19.5 Å². The molecule has 32 heavy (non-hydrogen) atoms. The van der Waals surface area contributed by atoms with Crippen LogP contribution in [0.2, 0.25) is 10.0 Å². The number of hydrogen-bond donors (Lipinski definition) is 1. The molecule has 0 aliphatic heterocycles. The maximum absolute atomic E-state index is 13.3. The zero-order valence-electron chi connectivity index (χ0n) is 18.1. The molecule has 0 saturated heterocycles. The quantitative estimate of drug-likeness (QED) is 0.569. The highest BCUT2D eigenvalue weighted by Gasteiger charge is 2.30. The van der Waals surface area contributed by atoms with E-state index in [1.807, 2.05) is 0 Å². The third-order valence-electron chi connectivity index (χ3n) is 4.72. The predicted molar refractivity (Wildman–Crippen MR) is 126 cm³/mol. The fraction of sp³-hybridized carbons (Fsp3) is 0.333. The van der Waals surface area contributed by atoms with Gasteiger partial charge in [0.25, 0.3) is 0 Å². The Kier molecular flexibility index (Phi) is 8.77. The molecule has 0 bridgehead atoms. The van der Waals surface area contributed by atoms with Crippen LogP contribution in [0.5, 0.6) is 5.75 Å². The van der Waals surface area contributed by atoms with Crippen LogP contribution >= 0.6 is 23.2 Å². The average molecular weight is 502 g/mol. The summed E-state index contributed by atoms with van der Waals surface area (Å²) in [4.78, 5) is 26.9. The molecule has 0 unspecified atom stereocenters. The molecule has 8 nitrogen and oxygen atoms in total. The SMILES string of the molecule is CNC(=O)[C@@H](C)N(Cc1cccc(OC)c1)C(=O)CN(c1cc(Cl)cc(Cl)c1)S(C)(=O)=O. The van der Waals surface area contributed by atoms with E-state index in [-0.39, 0.29) is 22.3 Å². The summed E-state index contributed by atoms with van der Waals surface area (Å²) in [7, 11) is -0.882. The van der Waals surface area contributed by atoms with Gasteiger partial charge in [0, 0.05) is 23.6 Å². The van der Waals surface area contributed by atoms with Gasteiger partial charge in [-0.1, -0.05) is 35.3 Å². The van der Waals surface area contributed by atoms with Crippen LogP contribution in [0.1, 0.15) is 12.5 Å². The number of likely N-dealkylation sites (N-methyl/N-ethyl adjacent to an activating group) is 1. The molecule has 0 aliphatic rings. The number of amides is 2. The number of benzene rings is 2. The Bertz CT molecular complexity index is 1070. The fourth-order valence-electron chi connectivity index (χ4n) is 3.06. The van der Waals surface area contributed by atoms with Crippen molar-refractivity contribution in [1.82, 2.24) is 10.2 Å². The van der Waals surface area contributed by atoms with Crippen molar-refractivity contribution in [1.29, 1.82) is 0 Å². The Hall–Kier alpha value is -2.49. The topological polar surface area (TPSA) is 96.0 Å². The summed E-state index contributed by atoms with van der Waals surface area (Å²) in [5, 5.41) is 2.96. The van der Waals surface area contributed by atoms with Crippen LogP contribution in [0.3, 0.4) is 0 Å². The zero-order valence-corrected chi connectivity index (χ0v) is 20.5. The number of halogens is 2. The smallest absolute Gasteiger partial charge is 0.244 e. The van der Waals surface area contributed by atoms with Crippen LogP contribution < -0.4 is 14.4 Å². The predicted octanol–water partition coefficient (Wildman–Crippen LogP) is 2.93. The fourth-order valence-corrected chi connectivity index (χ4v) is 4.40. The van der Waals surface area contributed by atoms with Crippen molar-refractivity contribution in [3.8, 4) is 5.75 Å². The number of nitrogens with one attached hydrogen (secondary N) is 1. The van der Waals surface area contributed by atoms with Gasteiger partial charge < -0.3 is 15.0 Å². The van der Waals surface area contributed by atoms with Crippen LogP contribution in [0, 0.1) is 0 Å². The van der Waals surface area contributed by atoms with E-state index in [1.54, 1.807) is 31.2 Å². The van der Waals surface area contributed by atoms with Gasteiger partial charge in [0.2, 0.25) is 21.8 Å². The molecule has 0 heterocycles. The lowest BCUT2D eigenvalue weighted by molar-refractivity contribution is -0.139. The first-order valence-corrected chi connectivity index (χ1v) is 12.1. The molecule has 0 radical (unpaired) electrons. The lowest BCUT2D eigenvalue weighted by Gasteiger charge is -2.31. The van der Waals surface area contributed by atoms with Crippen molar-refractivity contribution >= 4 is 50.7 Å². The molecule has 0 aliphatic carbocycles. The monoisotopic (exact) mass is 501 g/mol. The molecular formula is C21H25Cl2N3O5S. The highest BCUT2D eigenvalue weighted by atomic mass is 35.5. The number of ether oxygens (including phenoxy) is 1. The minimum atomic E-state index is -3.87. The minimum Gasteiger partial charge on any atom is -0.497 e. The van der Waals surface area contributed by atoms with Gasteiger partial charge in [-0.15, -0.1) is 0 Å². The molecule has 1 N–H and O–H groups in total. The molecule has 0 spiro atoms. The first-order valence-electron chi connectivity index (χ1n) is 9.54. The van der Waals surface area contributed by atoms with Crippen LogP contribution in [0.15, 0.2) is 42.5 Å². The van der Waals surface area contributed by atoms with E-state index in [9.17, 15) is 18.0 Å². The first kappa shape index (κ1) is 25.8. The molecule has 0 aromatic heterocycles. The number of carbonyl (C=O) groups excluding carboxylic acids is 2. The molecule has 2 rings (SSSR count). The number of nitrogens with zero attached hydrogens (tertiary/aromatic N) is 2. The van der Waals surface area contributed by atoms with E-state index in [1.165, 1.54) is 37.3 Å². The number of rotatable bonds is 9. The summed E-state index contributed by atoms with van der Waals surface area (Å²) in [5.74, 6) is -0.378. The minimum absolute atomic E-state index is 0.0680. The third-order valence-corrected chi connectivity index (χ3v) is 6.29. The Morgan fingerprint density at radius 2 is 1.75 bits per heavy atom. The molecule has 2 aromatic carbocycles. The van der Waals surface area contributed by atoms with Crippen LogP contribution in [-0.2, 0) is 26.2 Å². The lowest BCUT2D eigenvalue weighted by atomic mass is 10.1. The first-order chi connectivity index (χ1) is 15.0. The van der Waals surface area contributed by atoms with Crippen molar-refractivity contribution in [2.24, 2.45) is 0 Å². The molecule has 0 saturated carbocycles. The van der Waals surface area contributed by atoms with Gasteiger partial charge >= 0.3 is 0 Å². The van der Waals surface area contributed by atoms with Crippen LogP contribution in [0.25, 0.3) is 0 Å². The van der Waals surface area contributed by atoms with Gasteiger partial charge in [-0.3, -0.25) is 13.9 Å². The molecule has 174 valence electrons. The summed E-state index contributed by atoms with van der Waals surface area (Å²) in [6, 6.07) is 10.4. The van der Waals surface area contributed by atoms with E-state index in [4.69, 9.17) is 27.9 Å². The number of methoxy groups -OCH3 is 1. The van der Waals surface area contributed by atoms with E-state index >= 15 is 0 Å². The van der Waals surface area contributed by atoms with Gasteiger partial charge in [-0.2, -0.15) is 0 Å². The lowest BCUT2D eigenvalue weighted by Crippen LogP contribution is -2.50. The summed E-state index contributed by atoms with van der Waals surface area (Å²) < 4.78 is 31.1. The number of anilines is 1. The molecule has 11 heteroatoms. The largest absolute Gasteiger partial charge is 0.497 e. The van der Waals surface area contributed by atoms with Gasteiger partial charge in [-0.25, -0.2) is 8.42 Å². The second-order valence-electron chi connectivity index (χ2n) is 7.06. The van der Waals surface area contributed by atoms with Crippen molar-refractivity contribution < 1.29 is 22.7 Å². The Labute approximate surface area is 198 Å². The molecule has 1 atom stereocenters. The van der Waals surface area contributed by atoms with Gasteiger partial charge in [0.05, 0.1) is 19.1 Å². The van der Waals surface area contributed by atoms with Crippen molar-refractivity contribution in [3.05, 3.63) is 58.1 Å².